The van der Waals surface area contributed by atoms with E-state index in [9.17, 15) is 27.6 Å². The first kappa shape index (κ1) is 24.5. The molecule has 11 heteroatoms. The molecular formula is C25H22BrF3N4O3. The first-order valence-corrected chi connectivity index (χ1v) is 12.3. The monoisotopic (exact) mass is 562 g/mol. The van der Waals surface area contributed by atoms with Crippen molar-refractivity contribution in [3.8, 4) is 0 Å². The van der Waals surface area contributed by atoms with Crippen molar-refractivity contribution in [3.63, 3.8) is 0 Å². The molecule has 1 N–H and O–H groups in total. The third-order valence-corrected chi connectivity index (χ3v) is 7.69. The third-order valence-electron chi connectivity index (χ3n) is 7.03. The van der Waals surface area contributed by atoms with Gasteiger partial charge in [0, 0.05) is 46.2 Å². The maximum Gasteiger partial charge on any atom is 0.389 e. The predicted molar refractivity (Wildman–Crippen MR) is 130 cm³/mol. The van der Waals surface area contributed by atoms with Gasteiger partial charge >= 0.3 is 6.18 Å². The number of Topliss-reactive ketones (excluding diaryl/α,β-unsaturated/α-hetero) is 1. The van der Waals surface area contributed by atoms with Gasteiger partial charge in [-0.25, -0.2) is 0 Å². The highest BCUT2D eigenvalue weighted by Crippen LogP contribution is 2.51. The highest BCUT2D eigenvalue weighted by molar-refractivity contribution is 9.10. The number of piperidine rings is 1. The van der Waals surface area contributed by atoms with Crippen LogP contribution in [-0.2, 0) is 15.0 Å². The fourth-order valence-corrected chi connectivity index (χ4v) is 5.93. The average molecular weight is 563 g/mol. The van der Waals surface area contributed by atoms with Crippen LogP contribution in [0.5, 0.6) is 0 Å². The molecule has 1 aromatic heterocycles. The maximum absolute atomic E-state index is 13.7. The number of ketones is 1. The van der Waals surface area contributed by atoms with Crippen LogP contribution < -0.4 is 4.90 Å². The number of likely N-dealkylation sites (tertiary alicyclic amines) is 1. The number of halogens is 4. The summed E-state index contributed by atoms with van der Waals surface area (Å²) in [6.07, 6.45) is -4.00. The number of nitrogens with zero attached hydrogens (tertiary/aromatic N) is 3. The molecule has 5 rings (SSSR count). The molecule has 0 unspecified atom stereocenters. The Morgan fingerprint density at radius 3 is 2.61 bits per heavy atom. The molecule has 1 fully saturated rings. The van der Waals surface area contributed by atoms with Crippen LogP contribution in [0.3, 0.4) is 0 Å². The van der Waals surface area contributed by atoms with E-state index < -0.39 is 36.8 Å². The number of amides is 2. The van der Waals surface area contributed by atoms with Crippen molar-refractivity contribution in [2.75, 3.05) is 24.5 Å². The van der Waals surface area contributed by atoms with Crippen LogP contribution in [0.25, 0.3) is 10.9 Å². The summed E-state index contributed by atoms with van der Waals surface area (Å²) in [5.41, 5.74) is 1.65. The zero-order valence-electron chi connectivity index (χ0n) is 19.1. The van der Waals surface area contributed by atoms with E-state index in [0.29, 0.717) is 41.7 Å². The molecule has 188 valence electrons. The summed E-state index contributed by atoms with van der Waals surface area (Å²) >= 11 is 3.53. The number of nitrogens with one attached hydrogen (secondary N) is 1. The number of carbonyl (C=O) groups excluding carboxylic acids is 3. The lowest BCUT2D eigenvalue weighted by molar-refractivity contribution is -0.142. The number of aromatic amines is 1. The van der Waals surface area contributed by atoms with E-state index >= 15 is 0 Å². The van der Waals surface area contributed by atoms with Gasteiger partial charge in [0.2, 0.25) is 5.91 Å². The van der Waals surface area contributed by atoms with E-state index in [1.54, 1.807) is 47.5 Å². The summed E-state index contributed by atoms with van der Waals surface area (Å²) in [5.74, 6) is -1.10. The smallest absolute Gasteiger partial charge is 0.339 e. The summed E-state index contributed by atoms with van der Waals surface area (Å²) in [4.78, 5) is 42.3. The predicted octanol–water partition coefficient (Wildman–Crippen LogP) is 4.76. The lowest BCUT2D eigenvalue weighted by Crippen LogP contribution is -2.50. The normalized spacial score (nSPS) is 17.2. The molecule has 0 aliphatic carbocycles. The van der Waals surface area contributed by atoms with Crippen LogP contribution in [-0.4, -0.2) is 58.5 Å². The van der Waals surface area contributed by atoms with Gasteiger partial charge < -0.3 is 9.80 Å². The number of hydrogen-bond acceptors (Lipinski definition) is 4. The van der Waals surface area contributed by atoms with Crippen LogP contribution in [0.4, 0.5) is 18.9 Å². The molecule has 2 aliphatic heterocycles. The molecule has 3 heterocycles. The van der Waals surface area contributed by atoms with Gasteiger partial charge in [0.1, 0.15) is 0 Å². The average Bonchev–Trinajstić information content (AvgIpc) is 3.40. The topological polar surface area (TPSA) is 86.4 Å². The zero-order chi connectivity index (χ0) is 25.7. The zero-order valence-corrected chi connectivity index (χ0v) is 20.7. The second-order valence-corrected chi connectivity index (χ2v) is 10.1. The molecule has 7 nitrogen and oxygen atoms in total. The minimum Gasteiger partial charge on any atom is -0.339 e. The molecule has 0 saturated carbocycles. The Balaban J connectivity index is 1.36. The fraction of sp³-hybridized carbons (Fsp3) is 0.360. The molecule has 1 saturated heterocycles. The maximum atomic E-state index is 13.7. The van der Waals surface area contributed by atoms with Crippen molar-refractivity contribution in [2.45, 2.75) is 37.3 Å². The lowest BCUT2D eigenvalue weighted by Gasteiger charge is -2.39. The largest absolute Gasteiger partial charge is 0.389 e. The number of anilines is 1. The van der Waals surface area contributed by atoms with Gasteiger partial charge in [-0.2, -0.15) is 18.3 Å². The van der Waals surface area contributed by atoms with Gasteiger partial charge in [0.05, 0.1) is 30.1 Å². The molecule has 0 atom stereocenters. The van der Waals surface area contributed by atoms with Crippen molar-refractivity contribution in [1.29, 1.82) is 0 Å². The second-order valence-electron chi connectivity index (χ2n) is 9.23. The van der Waals surface area contributed by atoms with Crippen molar-refractivity contribution in [1.82, 2.24) is 15.1 Å². The Hall–Kier alpha value is -3.21. The summed E-state index contributed by atoms with van der Waals surface area (Å²) in [5, 5.41) is 7.65. The van der Waals surface area contributed by atoms with E-state index in [0.717, 1.165) is 16.5 Å². The van der Waals surface area contributed by atoms with Gasteiger partial charge in [-0.3, -0.25) is 19.5 Å². The molecule has 2 aliphatic rings. The highest BCUT2D eigenvalue weighted by Gasteiger charge is 2.53. The van der Waals surface area contributed by atoms with Crippen molar-refractivity contribution >= 4 is 50.1 Å². The summed E-state index contributed by atoms with van der Waals surface area (Å²) in [6, 6.07) is 10.5. The number of benzene rings is 2. The molecule has 1 spiro atoms. The number of rotatable bonds is 5. The molecule has 2 amide bonds. The Morgan fingerprint density at radius 2 is 1.89 bits per heavy atom. The minimum atomic E-state index is -4.44. The summed E-state index contributed by atoms with van der Waals surface area (Å²) in [6.45, 7) is 0.239. The van der Waals surface area contributed by atoms with Gasteiger partial charge in [0.15, 0.2) is 5.78 Å². The number of alkyl halides is 3. The van der Waals surface area contributed by atoms with Crippen LogP contribution in [0.2, 0.25) is 0 Å². The Kier molecular flexibility index (Phi) is 6.14. The van der Waals surface area contributed by atoms with Crippen molar-refractivity contribution < 1.29 is 27.6 Å². The third kappa shape index (κ3) is 4.29. The number of H-pyrrole nitrogens is 1. The van der Waals surface area contributed by atoms with Gasteiger partial charge in [-0.05, 0) is 43.2 Å². The van der Waals surface area contributed by atoms with Gasteiger partial charge in [-0.1, -0.05) is 22.0 Å². The van der Waals surface area contributed by atoms with Crippen LogP contribution in [0.1, 0.15) is 41.6 Å². The van der Waals surface area contributed by atoms with E-state index in [2.05, 4.69) is 26.1 Å². The second kappa shape index (κ2) is 9.02. The van der Waals surface area contributed by atoms with Crippen molar-refractivity contribution in [2.24, 2.45) is 0 Å². The number of carbonyl (C=O) groups is 3. The SMILES string of the molecule is O=C(CCC(F)(F)F)CN1C(=O)C2(CCN(C(=O)c3ccc4[nH]ncc4c3)CC2)c2c(Br)cccc21. The Morgan fingerprint density at radius 1 is 1.14 bits per heavy atom. The summed E-state index contributed by atoms with van der Waals surface area (Å²) < 4.78 is 38.5. The van der Waals surface area contributed by atoms with E-state index in [4.69, 9.17) is 0 Å². The van der Waals surface area contributed by atoms with Crippen LogP contribution in [0, 0.1) is 0 Å². The first-order chi connectivity index (χ1) is 17.1. The Bertz CT molecular complexity index is 1360. The first-order valence-electron chi connectivity index (χ1n) is 11.5. The molecule has 0 radical (unpaired) electrons. The van der Waals surface area contributed by atoms with Crippen LogP contribution >= 0.6 is 15.9 Å². The minimum absolute atomic E-state index is 0.148. The molecule has 0 bridgehead atoms. The number of aromatic nitrogens is 2. The quantitative estimate of drug-likeness (QED) is 0.486. The molecule has 2 aromatic carbocycles. The standard InChI is InChI=1S/C25H22BrF3N4O3/c26-18-2-1-3-20-21(18)24(23(36)33(20)14-17(34)6-7-25(27,28)29)8-10-32(11-9-24)22(35)15-4-5-19-16(12-15)13-30-31-19/h1-5,12-13H,6-11,14H2,(H,30,31). The van der Waals surface area contributed by atoms with Gasteiger partial charge in [0.25, 0.3) is 5.91 Å². The summed E-state index contributed by atoms with van der Waals surface area (Å²) in [7, 11) is 0. The molecule has 3 aromatic rings. The molecular weight excluding hydrogens is 541 g/mol. The van der Waals surface area contributed by atoms with Gasteiger partial charge in [-0.15, -0.1) is 0 Å². The number of hydrogen-bond donors (Lipinski definition) is 1. The highest BCUT2D eigenvalue weighted by atomic mass is 79.9. The Labute approximate surface area is 212 Å². The lowest BCUT2D eigenvalue weighted by atomic mass is 9.73. The van der Waals surface area contributed by atoms with E-state index in [-0.39, 0.29) is 11.8 Å². The fourth-order valence-electron chi connectivity index (χ4n) is 5.19. The van der Waals surface area contributed by atoms with Crippen LogP contribution in [0.15, 0.2) is 47.1 Å². The van der Waals surface area contributed by atoms with Crippen molar-refractivity contribution in [3.05, 3.63) is 58.2 Å². The van der Waals surface area contributed by atoms with E-state index in [1.165, 1.54) is 4.90 Å². The number of fused-ring (bicyclic) bond motifs is 3. The van der Waals surface area contributed by atoms with E-state index in [1.807, 2.05) is 0 Å². The molecule has 36 heavy (non-hydrogen) atoms.